The molecule has 0 bridgehead atoms. The average molecular weight is 323 g/mol. The first-order chi connectivity index (χ1) is 8.81. The number of hydrogen-bond acceptors (Lipinski definition) is 4. The van der Waals surface area contributed by atoms with Crippen LogP contribution < -0.4 is 5.32 Å². The van der Waals surface area contributed by atoms with Gasteiger partial charge in [0.15, 0.2) is 5.58 Å². The van der Waals surface area contributed by atoms with E-state index in [9.17, 15) is 0 Å². The number of halogens is 1. The molecule has 0 aliphatic heterocycles. The number of fused-ring (bicyclic) bond motifs is 1. The van der Waals surface area contributed by atoms with Gasteiger partial charge < -0.3 is 9.73 Å². The van der Waals surface area contributed by atoms with Gasteiger partial charge in [0.05, 0.1) is 3.79 Å². The summed E-state index contributed by atoms with van der Waals surface area (Å²) in [5.74, 6) is 0. The highest BCUT2D eigenvalue weighted by Gasteiger charge is 2.04. The van der Waals surface area contributed by atoms with Crippen LogP contribution in [0.15, 0.2) is 44.6 Å². The Kier molecular flexibility index (Phi) is 3.34. The molecule has 5 heteroatoms. The number of anilines is 1. The van der Waals surface area contributed by atoms with Crippen LogP contribution in [0.5, 0.6) is 0 Å². The Morgan fingerprint density at radius 1 is 1.22 bits per heavy atom. The Hall–Kier alpha value is -1.33. The van der Waals surface area contributed by atoms with Gasteiger partial charge in [-0.2, -0.15) is 4.98 Å². The Bertz CT molecular complexity index is 629. The standard InChI is InChI=1S/C13H11BrN2OS/c14-12-6-5-9(18-12)7-8-15-13-16-10-3-1-2-4-11(10)17-13/h1-6H,7-8H2,(H,15,16). The molecule has 1 aromatic carbocycles. The summed E-state index contributed by atoms with van der Waals surface area (Å²) in [5.41, 5.74) is 1.71. The zero-order valence-corrected chi connectivity index (χ0v) is 11.9. The first-order valence-corrected chi connectivity index (χ1v) is 7.26. The van der Waals surface area contributed by atoms with Crippen molar-refractivity contribution in [1.82, 2.24) is 4.98 Å². The van der Waals surface area contributed by atoms with Crippen molar-refractivity contribution in [2.24, 2.45) is 0 Å². The molecule has 3 nitrogen and oxygen atoms in total. The van der Waals surface area contributed by atoms with E-state index in [-0.39, 0.29) is 0 Å². The maximum Gasteiger partial charge on any atom is 0.295 e. The van der Waals surface area contributed by atoms with Gasteiger partial charge in [-0.1, -0.05) is 12.1 Å². The molecule has 1 N–H and O–H groups in total. The molecule has 18 heavy (non-hydrogen) atoms. The quantitative estimate of drug-likeness (QED) is 0.778. The minimum Gasteiger partial charge on any atom is -0.424 e. The Morgan fingerprint density at radius 2 is 2.11 bits per heavy atom. The molecular weight excluding hydrogens is 312 g/mol. The van der Waals surface area contributed by atoms with Crippen LogP contribution >= 0.6 is 27.3 Å². The maximum absolute atomic E-state index is 5.58. The summed E-state index contributed by atoms with van der Waals surface area (Å²) < 4.78 is 6.75. The van der Waals surface area contributed by atoms with Gasteiger partial charge >= 0.3 is 0 Å². The molecule has 0 saturated heterocycles. The van der Waals surface area contributed by atoms with Crippen LogP contribution in [-0.4, -0.2) is 11.5 Å². The van der Waals surface area contributed by atoms with E-state index in [1.54, 1.807) is 11.3 Å². The van der Waals surface area contributed by atoms with Crippen LogP contribution in [0.1, 0.15) is 4.88 Å². The molecule has 0 atom stereocenters. The number of hydrogen-bond donors (Lipinski definition) is 1. The van der Waals surface area contributed by atoms with Gasteiger partial charge in [-0.3, -0.25) is 0 Å². The van der Waals surface area contributed by atoms with Crippen molar-refractivity contribution < 1.29 is 4.42 Å². The first-order valence-electron chi connectivity index (χ1n) is 5.65. The Labute approximate surface area is 117 Å². The van der Waals surface area contributed by atoms with Crippen molar-refractivity contribution in [3.63, 3.8) is 0 Å². The van der Waals surface area contributed by atoms with E-state index >= 15 is 0 Å². The van der Waals surface area contributed by atoms with Crippen molar-refractivity contribution in [3.8, 4) is 0 Å². The van der Waals surface area contributed by atoms with Gasteiger partial charge in [0.1, 0.15) is 5.52 Å². The smallest absolute Gasteiger partial charge is 0.295 e. The number of oxazole rings is 1. The minimum atomic E-state index is 0.590. The third kappa shape index (κ3) is 2.57. The summed E-state index contributed by atoms with van der Waals surface area (Å²) in [5, 5.41) is 3.21. The summed E-state index contributed by atoms with van der Waals surface area (Å²) in [6, 6.07) is 12.6. The van der Waals surface area contributed by atoms with Crippen LogP contribution in [0.2, 0.25) is 0 Å². The fourth-order valence-corrected chi connectivity index (χ4v) is 3.21. The van der Waals surface area contributed by atoms with E-state index < -0.39 is 0 Å². The summed E-state index contributed by atoms with van der Waals surface area (Å²) >= 11 is 5.21. The van der Waals surface area contributed by atoms with Crippen LogP contribution in [0.4, 0.5) is 6.01 Å². The summed E-state index contributed by atoms with van der Waals surface area (Å²) in [7, 11) is 0. The minimum absolute atomic E-state index is 0.590. The fourth-order valence-electron chi connectivity index (χ4n) is 1.73. The number of nitrogens with one attached hydrogen (secondary N) is 1. The highest BCUT2D eigenvalue weighted by atomic mass is 79.9. The lowest BCUT2D eigenvalue weighted by Crippen LogP contribution is -2.03. The molecule has 2 aromatic heterocycles. The molecule has 92 valence electrons. The zero-order chi connectivity index (χ0) is 12.4. The van der Waals surface area contributed by atoms with Crippen LogP contribution in [-0.2, 0) is 6.42 Å². The topological polar surface area (TPSA) is 38.1 Å². The highest BCUT2D eigenvalue weighted by Crippen LogP contribution is 2.23. The molecule has 0 saturated carbocycles. The second kappa shape index (κ2) is 5.12. The summed E-state index contributed by atoms with van der Waals surface area (Å²) in [6.45, 7) is 0.819. The van der Waals surface area contributed by atoms with Crippen molar-refractivity contribution in [2.75, 3.05) is 11.9 Å². The van der Waals surface area contributed by atoms with Gasteiger partial charge in [0, 0.05) is 11.4 Å². The molecule has 0 amide bonds. The number of thiophene rings is 1. The van der Waals surface area contributed by atoms with Gasteiger partial charge in [-0.05, 0) is 46.6 Å². The Balaban J connectivity index is 1.62. The molecule has 0 aliphatic rings. The molecule has 3 aromatic rings. The molecule has 0 fully saturated rings. The van der Waals surface area contributed by atoms with Gasteiger partial charge in [0.2, 0.25) is 0 Å². The van der Waals surface area contributed by atoms with E-state index in [0.717, 1.165) is 24.1 Å². The molecule has 2 heterocycles. The van der Waals surface area contributed by atoms with E-state index in [2.05, 4.69) is 38.4 Å². The van der Waals surface area contributed by atoms with Gasteiger partial charge in [0.25, 0.3) is 6.01 Å². The number of rotatable bonds is 4. The predicted octanol–water partition coefficient (Wildman–Crippen LogP) is 4.31. The normalized spacial score (nSPS) is 10.9. The van der Waals surface area contributed by atoms with Crippen molar-refractivity contribution in [1.29, 1.82) is 0 Å². The number of nitrogens with zero attached hydrogens (tertiary/aromatic N) is 1. The fraction of sp³-hybridized carbons (Fsp3) is 0.154. The maximum atomic E-state index is 5.58. The molecule has 0 unspecified atom stereocenters. The van der Waals surface area contributed by atoms with Crippen molar-refractivity contribution in [3.05, 3.63) is 45.1 Å². The number of para-hydroxylation sites is 2. The van der Waals surface area contributed by atoms with Crippen molar-refractivity contribution in [2.45, 2.75) is 6.42 Å². The second-order valence-corrected chi connectivity index (χ2v) is 6.42. The zero-order valence-electron chi connectivity index (χ0n) is 9.52. The summed E-state index contributed by atoms with van der Waals surface area (Å²) in [4.78, 5) is 5.70. The van der Waals surface area contributed by atoms with E-state index in [4.69, 9.17) is 4.42 Å². The number of benzene rings is 1. The van der Waals surface area contributed by atoms with Gasteiger partial charge in [-0.15, -0.1) is 11.3 Å². The average Bonchev–Trinajstić information content (AvgIpc) is 2.95. The van der Waals surface area contributed by atoms with E-state index in [1.807, 2.05) is 24.3 Å². The molecule has 0 radical (unpaired) electrons. The SMILES string of the molecule is Brc1ccc(CCNc2nc3ccccc3o2)s1. The summed E-state index contributed by atoms with van der Waals surface area (Å²) in [6.07, 6.45) is 0.967. The van der Waals surface area contributed by atoms with Crippen molar-refractivity contribution >= 4 is 44.4 Å². The highest BCUT2D eigenvalue weighted by molar-refractivity contribution is 9.11. The van der Waals surface area contributed by atoms with Crippen LogP contribution in [0.3, 0.4) is 0 Å². The largest absolute Gasteiger partial charge is 0.424 e. The predicted molar refractivity (Wildman–Crippen MR) is 78.2 cm³/mol. The molecular formula is C13H11BrN2OS. The lowest BCUT2D eigenvalue weighted by atomic mass is 10.3. The van der Waals surface area contributed by atoms with Crippen LogP contribution in [0, 0.1) is 0 Å². The third-order valence-corrected chi connectivity index (χ3v) is 4.25. The lowest BCUT2D eigenvalue weighted by Gasteiger charge is -1.98. The molecule has 0 spiro atoms. The van der Waals surface area contributed by atoms with Gasteiger partial charge in [-0.25, -0.2) is 0 Å². The van der Waals surface area contributed by atoms with Crippen LogP contribution in [0.25, 0.3) is 11.1 Å². The third-order valence-electron chi connectivity index (χ3n) is 2.57. The molecule has 3 rings (SSSR count). The Morgan fingerprint density at radius 3 is 2.89 bits per heavy atom. The number of aromatic nitrogens is 1. The lowest BCUT2D eigenvalue weighted by molar-refractivity contribution is 0.614. The monoisotopic (exact) mass is 322 g/mol. The molecule has 0 aliphatic carbocycles. The first kappa shape index (κ1) is 11.7. The second-order valence-electron chi connectivity index (χ2n) is 3.87. The van der Waals surface area contributed by atoms with E-state index in [0.29, 0.717) is 6.01 Å². The van der Waals surface area contributed by atoms with E-state index in [1.165, 1.54) is 8.66 Å².